The summed E-state index contributed by atoms with van der Waals surface area (Å²) in [5, 5.41) is 11.1. The first-order valence-electron chi connectivity index (χ1n) is 11.7. The topological polar surface area (TPSA) is 53.2 Å². The normalized spacial score (nSPS) is 17.5. The van der Waals surface area contributed by atoms with Crippen LogP contribution in [0.1, 0.15) is 43.7 Å². The molecule has 174 valence electrons. The molecule has 0 bridgehead atoms. The highest BCUT2D eigenvalue weighted by atomic mass is 35.5. The van der Waals surface area contributed by atoms with Crippen LogP contribution in [0.3, 0.4) is 0 Å². The van der Waals surface area contributed by atoms with Crippen molar-refractivity contribution in [3.63, 3.8) is 0 Å². The summed E-state index contributed by atoms with van der Waals surface area (Å²) in [7, 11) is 2.02. The fourth-order valence-electron chi connectivity index (χ4n) is 4.25. The van der Waals surface area contributed by atoms with Gasteiger partial charge in [-0.1, -0.05) is 42.8 Å². The van der Waals surface area contributed by atoms with Gasteiger partial charge in [-0.2, -0.15) is 5.10 Å². The molecular weight excluding hydrogens is 420 g/mol. The van der Waals surface area contributed by atoms with Gasteiger partial charge in [-0.3, -0.25) is 5.10 Å². The summed E-state index contributed by atoms with van der Waals surface area (Å²) in [5.74, 6) is 0.753. The number of ether oxygens (including phenoxy) is 1. The lowest BCUT2D eigenvalue weighted by Gasteiger charge is -2.25. The number of H-pyrrole nitrogens is 1. The highest BCUT2D eigenvalue weighted by molar-refractivity contribution is 6.33. The number of hydrogen-bond acceptors (Lipinski definition) is 4. The zero-order valence-corrected chi connectivity index (χ0v) is 20.4. The molecule has 1 aromatic carbocycles. The summed E-state index contributed by atoms with van der Waals surface area (Å²) in [4.78, 5) is 2.37. The molecular formula is C26H37ClN4O. The number of hydrogen-bond donors (Lipinski definition) is 2. The van der Waals surface area contributed by atoms with Gasteiger partial charge in [0.25, 0.3) is 0 Å². The first-order valence-corrected chi connectivity index (χ1v) is 12.1. The minimum atomic E-state index is 0.320. The van der Waals surface area contributed by atoms with E-state index in [1.54, 1.807) is 0 Å². The van der Waals surface area contributed by atoms with Crippen LogP contribution in [0.5, 0.6) is 0 Å². The number of aromatic amines is 1. The molecule has 1 aromatic heterocycles. The van der Waals surface area contributed by atoms with E-state index in [-0.39, 0.29) is 0 Å². The molecule has 2 unspecified atom stereocenters. The van der Waals surface area contributed by atoms with E-state index in [4.69, 9.17) is 16.3 Å². The van der Waals surface area contributed by atoms with Crippen molar-refractivity contribution >= 4 is 17.3 Å². The molecule has 2 aromatic rings. The van der Waals surface area contributed by atoms with Gasteiger partial charge in [0.05, 0.1) is 23.5 Å². The van der Waals surface area contributed by atoms with Gasteiger partial charge >= 0.3 is 0 Å². The molecule has 0 spiro atoms. The maximum Gasteiger partial charge on any atom is 0.0641 e. The molecule has 3 rings (SSSR count). The molecule has 0 aliphatic carbocycles. The lowest BCUT2D eigenvalue weighted by atomic mass is 9.87. The zero-order chi connectivity index (χ0) is 22.8. The number of rotatable bonds is 10. The lowest BCUT2D eigenvalue weighted by Crippen LogP contribution is -2.26. The standard InChI is InChI=1S/C26H37ClN4O/c1-4-22(8-6-20(2)24-18-29-30-19-24)23(10-11-28-3)16-21-7-9-25(27)26(17-21)31-12-5-14-32-15-13-31/h4,6-9,17-20,23,28H,5,10-16H2,1-3H3,(H,29,30)/b8-6-,22-4+. The Morgan fingerprint density at radius 3 is 2.97 bits per heavy atom. The van der Waals surface area contributed by atoms with E-state index in [0.29, 0.717) is 11.8 Å². The van der Waals surface area contributed by atoms with Gasteiger partial charge in [-0.05, 0) is 74.5 Å². The van der Waals surface area contributed by atoms with Crippen LogP contribution in [-0.4, -0.2) is 50.1 Å². The SMILES string of the molecule is C/C=C(\C=C/C(C)c1cn[nH]c1)C(CCNC)Cc1ccc(Cl)c(N2CCCOCC2)c1. The summed E-state index contributed by atoms with van der Waals surface area (Å²) in [6, 6.07) is 6.52. The maximum atomic E-state index is 6.60. The molecule has 2 atom stereocenters. The van der Waals surface area contributed by atoms with Crippen molar-refractivity contribution in [3.8, 4) is 0 Å². The van der Waals surface area contributed by atoms with Crippen molar-refractivity contribution in [2.45, 2.75) is 39.0 Å². The fourth-order valence-corrected chi connectivity index (χ4v) is 4.49. The van der Waals surface area contributed by atoms with Crippen LogP contribution >= 0.6 is 11.6 Å². The highest BCUT2D eigenvalue weighted by Crippen LogP contribution is 2.31. The molecule has 6 heteroatoms. The van der Waals surface area contributed by atoms with E-state index >= 15 is 0 Å². The summed E-state index contributed by atoms with van der Waals surface area (Å²) in [5.41, 5.74) is 5.03. The third-order valence-corrected chi connectivity index (χ3v) is 6.55. The van der Waals surface area contributed by atoms with Crippen LogP contribution in [0.25, 0.3) is 0 Å². The Bertz CT molecular complexity index is 870. The Hall–Kier alpha value is -2.08. The van der Waals surface area contributed by atoms with Crippen LogP contribution in [0, 0.1) is 5.92 Å². The van der Waals surface area contributed by atoms with Crippen LogP contribution < -0.4 is 10.2 Å². The summed E-state index contributed by atoms with van der Waals surface area (Å²) >= 11 is 6.60. The van der Waals surface area contributed by atoms with Gasteiger partial charge in [0.2, 0.25) is 0 Å². The Morgan fingerprint density at radius 1 is 1.34 bits per heavy atom. The second-order valence-corrected chi connectivity index (χ2v) is 8.91. The van der Waals surface area contributed by atoms with Crippen LogP contribution in [0.15, 0.2) is 54.4 Å². The Kier molecular flexibility index (Phi) is 9.85. The molecule has 1 fully saturated rings. The highest BCUT2D eigenvalue weighted by Gasteiger charge is 2.17. The van der Waals surface area contributed by atoms with Gasteiger partial charge < -0.3 is 15.0 Å². The average molecular weight is 457 g/mol. The summed E-state index contributed by atoms with van der Waals surface area (Å²) in [6.07, 6.45) is 13.8. The number of nitrogens with zero attached hydrogens (tertiary/aromatic N) is 2. The first kappa shape index (κ1) is 24.6. The van der Waals surface area contributed by atoms with Gasteiger partial charge in [0.1, 0.15) is 0 Å². The molecule has 2 N–H and O–H groups in total. The monoisotopic (exact) mass is 456 g/mol. The predicted molar refractivity (Wildman–Crippen MR) is 135 cm³/mol. The molecule has 1 aliphatic rings. The van der Waals surface area contributed by atoms with Crippen molar-refractivity contribution in [3.05, 3.63) is 70.5 Å². The molecule has 1 aliphatic heterocycles. The van der Waals surface area contributed by atoms with E-state index in [9.17, 15) is 0 Å². The molecule has 32 heavy (non-hydrogen) atoms. The zero-order valence-electron chi connectivity index (χ0n) is 19.6. The van der Waals surface area contributed by atoms with Crippen molar-refractivity contribution < 1.29 is 4.74 Å². The van der Waals surface area contributed by atoms with Gasteiger partial charge in [0, 0.05) is 31.8 Å². The minimum absolute atomic E-state index is 0.320. The number of halogens is 1. The predicted octanol–water partition coefficient (Wildman–Crippen LogP) is 5.36. The third-order valence-electron chi connectivity index (χ3n) is 6.23. The van der Waals surface area contributed by atoms with Crippen molar-refractivity contribution in [1.82, 2.24) is 15.5 Å². The number of nitrogens with one attached hydrogen (secondary N) is 2. The van der Waals surface area contributed by atoms with Crippen LogP contribution in [0.4, 0.5) is 5.69 Å². The Balaban J connectivity index is 1.77. The summed E-state index contributed by atoms with van der Waals surface area (Å²) in [6.45, 7) is 8.79. The number of allylic oxidation sites excluding steroid dienone is 4. The molecule has 2 heterocycles. The van der Waals surface area contributed by atoms with Crippen molar-refractivity contribution in [2.24, 2.45) is 5.92 Å². The second kappa shape index (κ2) is 12.8. The quantitative estimate of drug-likeness (QED) is 0.472. The smallest absolute Gasteiger partial charge is 0.0641 e. The Labute approximate surface area is 197 Å². The van der Waals surface area contributed by atoms with Crippen molar-refractivity contribution in [1.29, 1.82) is 0 Å². The van der Waals surface area contributed by atoms with E-state index in [2.05, 4.69) is 70.7 Å². The summed E-state index contributed by atoms with van der Waals surface area (Å²) < 4.78 is 5.63. The molecule has 0 saturated carbocycles. The number of aromatic nitrogens is 2. The minimum Gasteiger partial charge on any atom is -0.380 e. The first-order chi connectivity index (χ1) is 15.6. The van der Waals surface area contributed by atoms with Crippen LogP contribution in [-0.2, 0) is 11.2 Å². The van der Waals surface area contributed by atoms with Gasteiger partial charge in [-0.25, -0.2) is 0 Å². The van der Waals surface area contributed by atoms with Gasteiger partial charge in [0.15, 0.2) is 0 Å². The molecule has 0 amide bonds. The average Bonchev–Trinajstić information content (AvgIpc) is 3.21. The van der Waals surface area contributed by atoms with Crippen molar-refractivity contribution in [2.75, 3.05) is 44.8 Å². The maximum absolute atomic E-state index is 6.60. The largest absolute Gasteiger partial charge is 0.380 e. The van der Waals surface area contributed by atoms with E-state index in [1.165, 1.54) is 16.7 Å². The number of anilines is 1. The van der Waals surface area contributed by atoms with E-state index < -0.39 is 0 Å². The third kappa shape index (κ3) is 6.96. The van der Waals surface area contributed by atoms with E-state index in [0.717, 1.165) is 62.8 Å². The molecule has 0 radical (unpaired) electrons. The lowest BCUT2D eigenvalue weighted by molar-refractivity contribution is 0.152. The van der Waals surface area contributed by atoms with Crippen LogP contribution in [0.2, 0.25) is 5.02 Å². The number of benzene rings is 1. The fraction of sp³-hybridized carbons (Fsp3) is 0.500. The van der Waals surface area contributed by atoms with E-state index in [1.807, 2.05) is 19.4 Å². The second-order valence-electron chi connectivity index (χ2n) is 8.50. The Morgan fingerprint density at radius 2 is 2.22 bits per heavy atom. The van der Waals surface area contributed by atoms with Gasteiger partial charge in [-0.15, -0.1) is 0 Å². The molecule has 1 saturated heterocycles. The molecule has 5 nitrogen and oxygen atoms in total.